The minimum atomic E-state index is -1.70. The Bertz CT molecular complexity index is 351. The highest BCUT2D eigenvalue weighted by Crippen LogP contribution is 1.81. The molecule has 0 saturated carbocycles. The number of anilines is 1. The Morgan fingerprint density at radius 2 is 2.31 bits per heavy atom. The minimum absolute atomic E-state index is 0.114. The van der Waals surface area contributed by atoms with Crippen LogP contribution in [0.2, 0.25) is 0 Å². The molecule has 0 aliphatic carbocycles. The summed E-state index contributed by atoms with van der Waals surface area (Å²) in [6, 6.07) is 1.44. The van der Waals surface area contributed by atoms with E-state index in [0.29, 0.717) is 0 Å². The van der Waals surface area contributed by atoms with Crippen molar-refractivity contribution < 1.29 is 24.3 Å². The molecule has 1 rings (SSSR count). The maximum Gasteiger partial charge on any atom is 0.457 e. The molecule has 68 valence electrons. The molecule has 0 aromatic carbocycles. The van der Waals surface area contributed by atoms with Crippen LogP contribution in [0.3, 0.4) is 0 Å². The molecule has 13 heavy (non-hydrogen) atoms. The highest BCUT2D eigenvalue weighted by molar-refractivity contribution is 6.28. The van der Waals surface area contributed by atoms with Gasteiger partial charge in [-0.1, -0.05) is 4.98 Å². The number of hydrogen-bond donors (Lipinski definition) is 2. The predicted octanol–water partition coefficient (Wildman–Crippen LogP) is -2.01. The normalized spacial score (nSPS) is 9.23. The molecule has 7 heteroatoms. The number of aliphatic carboxylic acids is 1. The number of hydrogen-bond acceptors (Lipinski definition) is 5. The van der Waals surface area contributed by atoms with Crippen LogP contribution in [0.5, 0.6) is 0 Å². The molecule has 0 amide bonds. The van der Waals surface area contributed by atoms with E-state index in [4.69, 9.17) is 10.8 Å². The van der Waals surface area contributed by atoms with Crippen molar-refractivity contribution in [3.8, 4) is 0 Å². The number of carboxylic acids is 1. The Morgan fingerprint density at radius 3 is 2.85 bits per heavy atom. The van der Waals surface area contributed by atoms with Crippen molar-refractivity contribution in [3.63, 3.8) is 0 Å². The summed E-state index contributed by atoms with van der Waals surface area (Å²) in [5, 5.41) is 8.19. The van der Waals surface area contributed by atoms with Crippen molar-refractivity contribution in [1.29, 1.82) is 0 Å². The molecule has 0 aliphatic heterocycles. The Hall–Kier alpha value is -2.18. The zero-order valence-electron chi connectivity index (χ0n) is 6.38. The van der Waals surface area contributed by atoms with Crippen LogP contribution in [0.1, 0.15) is 0 Å². The van der Waals surface area contributed by atoms with E-state index >= 15 is 0 Å². The minimum Gasteiger partial charge on any atom is -0.473 e. The zero-order chi connectivity index (χ0) is 9.84. The van der Waals surface area contributed by atoms with Gasteiger partial charge in [0.05, 0.1) is 0 Å². The van der Waals surface area contributed by atoms with Crippen molar-refractivity contribution >= 4 is 17.9 Å². The fourth-order valence-electron chi connectivity index (χ4n) is 0.575. The fraction of sp³-hybridized carbons (Fsp3) is 0. The third-order valence-corrected chi connectivity index (χ3v) is 1.10. The SMILES string of the molecule is Nc1nccc[n+]1OC(=O)C(=O)O. The second-order valence-electron chi connectivity index (χ2n) is 1.99. The Kier molecular flexibility index (Phi) is 2.38. The first-order valence-electron chi connectivity index (χ1n) is 3.19. The van der Waals surface area contributed by atoms with Crippen molar-refractivity contribution in [1.82, 2.24) is 4.98 Å². The smallest absolute Gasteiger partial charge is 0.457 e. The summed E-state index contributed by atoms with van der Waals surface area (Å²) in [6.45, 7) is 0. The quantitative estimate of drug-likeness (QED) is 0.386. The molecule has 1 aromatic heterocycles. The van der Waals surface area contributed by atoms with Crippen molar-refractivity contribution in [2.45, 2.75) is 0 Å². The first-order chi connectivity index (χ1) is 6.11. The largest absolute Gasteiger partial charge is 0.473 e. The van der Waals surface area contributed by atoms with Gasteiger partial charge in [-0.05, 0) is 4.73 Å². The average molecular weight is 184 g/mol. The van der Waals surface area contributed by atoms with Gasteiger partial charge in [0.15, 0.2) is 0 Å². The van der Waals surface area contributed by atoms with E-state index in [1.54, 1.807) is 0 Å². The lowest BCUT2D eigenvalue weighted by atomic mass is 10.7. The van der Waals surface area contributed by atoms with E-state index in [1.807, 2.05) is 0 Å². The van der Waals surface area contributed by atoms with Gasteiger partial charge in [0.1, 0.15) is 12.4 Å². The number of carboxylic acid groups (broad SMARTS) is 1. The number of nitrogen functional groups attached to an aromatic ring is 1. The highest BCUT2D eigenvalue weighted by Gasteiger charge is 2.18. The lowest BCUT2D eigenvalue weighted by molar-refractivity contribution is -0.858. The molecule has 0 spiro atoms. The van der Waals surface area contributed by atoms with E-state index in [-0.39, 0.29) is 5.95 Å². The van der Waals surface area contributed by atoms with Crippen LogP contribution in [0, 0.1) is 0 Å². The van der Waals surface area contributed by atoms with Crippen LogP contribution in [-0.2, 0) is 9.59 Å². The van der Waals surface area contributed by atoms with Gasteiger partial charge in [-0.2, -0.15) is 0 Å². The van der Waals surface area contributed by atoms with Crippen LogP contribution in [-0.4, -0.2) is 22.0 Å². The average Bonchev–Trinajstić information content (AvgIpc) is 2.08. The van der Waals surface area contributed by atoms with E-state index in [2.05, 4.69) is 9.82 Å². The molecular formula is C6H6N3O4+. The summed E-state index contributed by atoms with van der Waals surface area (Å²) in [5.41, 5.74) is 5.25. The maximum atomic E-state index is 10.5. The van der Waals surface area contributed by atoms with E-state index in [0.717, 1.165) is 4.73 Å². The molecule has 0 fully saturated rings. The lowest BCUT2D eigenvalue weighted by Gasteiger charge is -1.97. The number of carbonyl (C=O) groups excluding carboxylic acids is 1. The van der Waals surface area contributed by atoms with Gasteiger partial charge >= 0.3 is 17.9 Å². The molecule has 0 saturated heterocycles. The van der Waals surface area contributed by atoms with Gasteiger partial charge in [-0.25, -0.2) is 9.59 Å². The molecular weight excluding hydrogens is 178 g/mol. The third-order valence-electron chi connectivity index (χ3n) is 1.10. The summed E-state index contributed by atoms with van der Waals surface area (Å²) >= 11 is 0. The number of carbonyl (C=O) groups is 2. The van der Waals surface area contributed by atoms with Gasteiger partial charge in [-0.15, -0.1) is 0 Å². The number of nitrogens with two attached hydrogens (primary N) is 1. The van der Waals surface area contributed by atoms with Gasteiger partial charge in [0.2, 0.25) is 0 Å². The maximum absolute atomic E-state index is 10.5. The lowest BCUT2D eigenvalue weighted by Crippen LogP contribution is -2.50. The first-order valence-corrected chi connectivity index (χ1v) is 3.19. The summed E-state index contributed by atoms with van der Waals surface area (Å²) < 4.78 is 0.760. The number of nitrogens with zero attached hydrogens (tertiary/aromatic N) is 2. The molecule has 0 bridgehead atoms. The standard InChI is InChI=1S/C6H5N3O4/c7-6-8-2-1-3-9(6)13-5(12)4(10)11/h1-3,7H,(H,10,11)/p+1. The van der Waals surface area contributed by atoms with Crippen LogP contribution >= 0.6 is 0 Å². The summed E-state index contributed by atoms with van der Waals surface area (Å²) in [4.78, 5) is 28.5. The molecule has 3 N–H and O–H groups in total. The van der Waals surface area contributed by atoms with Crippen molar-refractivity contribution in [2.24, 2.45) is 0 Å². The van der Waals surface area contributed by atoms with Crippen LogP contribution < -0.4 is 15.3 Å². The first kappa shape index (κ1) is 8.91. The number of aromatic nitrogens is 2. The van der Waals surface area contributed by atoms with Crippen molar-refractivity contribution in [3.05, 3.63) is 18.5 Å². The number of rotatable bonds is 1. The molecule has 0 radical (unpaired) electrons. The molecule has 7 nitrogen and oxygen atoms in total. The molecule has 0 atom stereocenters. The molecule has 0 aliphatic rings. The van der Waals surface area contributed by atoms with Crippen LogP contribution in [0.25, 0.3) is 0 Å². The second kappa shape index (κ2) is 3.48. The van der Waals surface area contributed by atoms with Crippen LogP contribution in [0.15, 0.2) is 18.5 Å². The molecule has 0 unspecified atom stereocenters. The van der Waals surface area contributed by atoms with E-state index in [1.165, 1.54) is 18.5 Å². The molecule has 1 heterocycles. The highest BCUT2D eigenvalue weighted by atomic mass is 16.7. The van der Waals surface area contributed by atoms with Crippen LogP contribution in [0.4, 0.5) is 5.95 Å². The second-order valence-corrected chi connectivity index (χ2v) is 1.99. The Balaban J connectivity index is 2.81. The summed E-state index contributed by atoms with van der Waals surface area (Å²) in [6.07, 6.45) is 2.64. The van der Waals surface area contributed by atoms with Gasteiger partial charge < -0.3 is 5.11 Å². The topological polar surface area (TPSA) is 106 Å². The monoisotopic (exact) mass is 184 g/mol. The van der Waals surface area contributed by atoms with Crippen molar-refractivity contribution in [2.75, 3.05) is 5.73 Å². The van der Waals surface area contributed by atoms with Gasteiger partial charge in [0, 0.05) is 6.07 Å². The van der Waals surface area contributed by atoms with Gasteiger partial charge in [0.25, 0.3) is 0 Å². The summed E-state index contributed by atoms with van der Waals surface area (Å²) in [7, 11) is 0. The zero-order valence-corrected chi connectivity index (χ0v) is 6.38. The van der Waals surface area contributed by atoms with E-state index < -0.39 is 11.9 Å². The van der Waals surface area contributed by atoms with Gasteiger partial charge in [-0.3, -0.25) is 10.6 Å². The fourth-order valence-corrected chi connectivity index (χ4v) is 0.575. The molecule has 1 aromatic rings. The Morgan fingerprint density at radius 1 is 1.62 bits per heavy atom. The van der Waals surface area contributed by atoms with E-state index in [9.17, 15) is 9.59 Å². The Labute approximate surface area is 72.3 Å². The summed E-state index contributed by atoms with van der Waals surface area (Å²) in [5.74, 6) is -3.24. The third kappa shape index (κ3) is 2.12. The predicted molar refractivity (Wildman–Crippen MR) is 38.1 cm³/mol.